The first-order valence-corrected chi connectivity index (χ1v) is 1.72. The van der Waals surface area contributed by atoms with E-state index < -0.39 is 0 Å². The molecule has 0 spiro atoms. The second-order valence-electron chi connectivity index (χ2n) is 1.00. The summed E-state index contributed by atoms with van der Waals surface area (Å²) in [5, 5.41) is 0. The third-order valence-corrected chi connectivity index (χ3v) is 0.586. The van der Waals surface area contributed by atoms with Crippen molar-refractivity contribution in [2.75, 3.05) is 0 Å². The van der Waals surface area contributed by atoms with Gasteiger partial charge in [-0.3, -0.25) is 20.2 Å². The molecule has 0 aliphatic heterocycles. The van der Waals surface area contributed by atoms with E-state index in [1.54, 1.807) is 0 Å². The topological polar surface area (TPSA) is 0 Å². The zero-order valence-electron chi connectivity index (χ0n) is 4.66. The van der Waals surface area contributed by atoms with Gasteiger partial charge in [-0.1, -0.05) is 0 Å². The minimum Gasteiger partial charge on any atom is -0.273 e. The van der Waals surface area contributed by atoms with Crippen molar-refractivity contribution in [2.24, 2.45) is 0 Å². The summed E-state index contributed by atoms with van der Waals surface area (Å²) in [6, 6.07) is 0. The Bertz CT molecular complexity index is 70.3. The van der Waals surface area contributed by atoms with Gasteiger partial charge in [0.1, 0.15) is 0 Å². The van der Waals surface area contributed by atoms with E-state index in [4.69, 9.17) is 0 Å². The molecule has 0 bridgehead atoms. The fourth-order valence-electron chi connectivity index (χ4n) is 0.340. The van der Waals surface area contributed by atoms with E-state index in [1.807, 2.05) is 12.2 Å². The standard InChI is InChI=1S/C5H5.3FH.Hf/c1-2-4-5-3-1;;;;/h1-3H,4H2;3*1H;/q-1;;;;. The molecule has 0 aromatic rings. The summed E-state index contributed by atoms with van der Waals surface area (Å²) in [5.74, 6) is 0. The van der Waals surface area contributed by atoms with Gasteiger partial charge in [-0.15, -0.1) is 6.42 Å². The van der Waals surface area contributed by atoms with E-state index in [9.17, 15) is 0 Å². The number of allylic oxidation sites excluding steroid dienone is 4. The van der Waals surface area contributed by atoms with Gasteiger partial charge in [-0.05, 0) is 0 Å². The molecule has 0 nitrogen and oxygen atoms in total. The number of hydrogen-bond donors (Lipinski definition) is 0. The zero-order chi connectivity index (χ0) is 3.54. The van der Waals surface area contributed by atoms with Gasteiger partial charge in [0.25, 0.3) is 0 Å². The van der Waals surface area contributed by atoms with Crippen molar-refractivity contribution in [1.29, 1.82) is 0 Å². The summed E-state index contributed by atoms with van der Waals surface area (Å²) in [6.07, 6.45) is 10.0. The number of hydrogen-bond acceptors (Lipinski definition) is 0. The molecule has 0 radical (unpaired) electrons. The summed E-state index contributed by atoms with van der Waals surface area (Å²) in [7, 11) is 0. The van der Waals surface area contributed by atoms with Crippen LogP contribution in [0.25, 0.3) is 0 Å². The predicted octanol–water partition coefficient (Wildman–Crippen LogP) is 1.76. The maximum Gasteiger partial charge on any atom is 0 e. The molecular weight excluding hydrogens is 296 g/mol. The molecule has 1 aliphatic carbocycles. The van der Waals surface area contributed by atoms with Crippen molar-refractivity contribution < 1.29 is 40.0 Å². The number of halogens is 3. The normalized spacial score (nSPS) is 9.78. The van der Waals surface area contributed by atoms with Crippen LogP contribution >= 0.6 is 0 Å². The van der Waals surface area contributed by atoms with E-state index in [0.717, 1.165) is 6.42 Å². The summed E-state index contributed by atoms with van der Waals surface area (Å²) in [5.41, 5.74) is 0. The van der Waals surface area contributed by atoms with Crippen LogP contribution in [-0.2, 0) is 25.8 Å². The van der Waals surface area contributed by atoms with Crippen molar-refractivity contribution in [2.45, 2.75) is 6.42 Å². The average Bonchev–Trinajstić information content (AvgIpc) is 1.76. The molecule has 0 N–H and O–H groups in total. The Kier molecular flexibility index (Phi) is 40.0. The van der Waals surface area contributed by atoms with E-state index in [-0.39, 0.29) is 40.0 Å². The van der Waals surface area contributed by atoms with Gasteiger partial charge in [0.15, 0.2) is 0 Å². The van der Waals surface area contributed by atoms with Crippen molar-refractivity contribution in [3.05, 3.63) is 24.3 Å². The summed E-state index contributed by atoms with van der Waals surface area (Å²) >= 11 is 0. The SMILES string of the molecule is F.F.F.[C-]1=CC=CC1.[Hf]. The monoisotopic (exact) mass is 305 g/mol. The fourth-order valence-corrected chi connectivity index (χ4v) is 0.340. The molecule has 0 saturated carbocycles. The maximum atomic E-state index is 2.99. The molecule has 4 heteroatoms. The van der Waals surface area contributed by atoms with Crippen LogP contribution in [-0.4, -0.2) is 0 Å². The molecular formula is C5H8F3Hf-. The van der Waals surface area contributed by atoms with Crippen LogP contribution in [0.5, 0.6) is 0 Å². The Morgan fingerprint density at radius 1 is 1.11 bits per heavy atom. The summed E-state index contributed by atoms with van der Waals surface area (Å²) in [4.78, 5) is 0. The van der Waals surface area contributed by atoms with Crippen LogP contribution in [0.1, 0.15) is 6.42 Å². The number of rotatable bonds is 0. The smallest absolute Gasteiger partial charge is 0 e. The van der Waals surface area contributed by atoms with E-state index in [0.29, 0.717) is 0 Å². The summed E-state index contributed by atoms with van der Waals surface area (Å²) in [6.45, 7) is 0. The molecule has 1 aliphatic rings. The largest absolute Gasteiger partial charge is 0.273 e. The Labute approximate surface area is 70.9 Å². The van der Waals surface area contributed by atoms with Crippen molar-refractivity contribution >= 4 is 0 Å². The average molecular weight is 304 g/mol. The molecule has 0 heterocycles. The second-order valence-corrected chi connectivity index (χ2v) is 1.00. The van der Waals surface area contributed by atoms with Crippen LogP contribution in [0.4, 0.5) is 14.1 Å². The first-order chi connectivity index (χ1) is 2.50. The van der Waals surface area contributed by atoms with Gasteiger partial charge >= 0.3 is 0 Å². The predicted molar refractivity (Wildman–Crippen MR) is 29.1 cm³/mol. The molecule has 0 fully saturated rings. The van der Waals surface area contributed by atoms with Crippen LogP contribution in [0, 0.1) is 6.08 Å². The van der Waals surface area contributed by atoms with E-state index in [2.05, 4.69) is 12.2 Å². The minimum atomic E-state index is 0. The second kappa shape index (κ2) is 15.7. The molecule has 0 aromatic carbocycles. The first-order valence-electron chi connectivity index (χ1n) is 1.72. The third-order valence-electron chi connectivity index (χ3n) is 0.586. The molecule has 9 heavy (non-hydrogen) atoms. The Morgan fingerprint density at radius 2 is 1.67 bits per heavy atom. The Morgan fingerprint density at radius 3 is 1.78 bits per heavy atom. The van der Waals surface area contributed by atoms with Gasteiger partial charge in [-0.25, -0.2) is 12.2 Å². The van der Waals surface area contributed by atoms with E-state index >= 15 is 0 Å². The van der Waals surface area contributed by atoms with Crippen LogP contribution in [0.3, 0.4) is 0 Å². The molecule has 0 amide bonds. The molecule has 0 aromatic heterocycles. The van der Waals surface area contributed by atoms with Gasteiger partial charge in [-0.2, -0.15) is 6.08 Å². The molecule has 1 rings (SSSR count). The van der Waals surface area contributed by atoms with E-state index in [1.165, 1.54) is 0 Å². The molecule has 0 unspecified atom stereocenters. The first kappa shape index (κ1) is 22.9. The van der Waals surface area contributed by atoms with Gasteiger partial charge < -0.3 is 0 Å². The zero-order valence-corrected chi connectivity index (χ0v) is 8.26. The van der Waals surface area contributed by atoms with Crippen molar-refractivity contribution in [3.8, 4) is 0 Å². The summed E-state index contributed by atoms with van der Waals surface area (Å²) < 4.78 is 0. The van der Waals surface area contributed by atoms with Crippen LogP contribution in [0.2, 0.25) is 0 Å². The molecule has 0 saturated heterocycles. The Balaban J connectivity index is -0.0000000312. The van der Waals surface area contributed by atoms with Gasteiger partial charge in [0.2, 0.25) is 0 Å². The Hall–Kier alpha value is 0.140. The van der Waals surface area contributed by atoms with Gasteiger partial charge in [0, 0.05) is 25.8 Å². The molecule has 0 atom stereocenters. The minimum absolute atomic E-state index is 0. The molecule has 54 valence electrons. The quantitative estimate of drug-likeness (QED) is 0.472. The van der Waals surface area contributed by atoms with Gasteiger partial charge in [0.05, 0.1) is 0 Å². The van der Waals surface area contributed by atoms with Crippen LogP contribution in [0.15, 0.2) is 18.2 Å². The van der Waals surface area contributed by atoms with Crippen LogP contribution < -0.4 is 0 Å². The van der Waals surface area contributed by atoms with Crippen molar-refractivity contribution in [1.82, 2.24) is 0 Å². The van der Waals surface area contributed by atoms with Crippen molar-refractivity contribution in [3.63, 3.8) is 0 Å². The third kappa shape index (κ3) is 11.6. The maximum absolute atomic E-state index is 2.99. The fraction of sp³-hybridized carbons (Fsp3) is 0.200.